The van der Waals surface area contributed by atoms with Gasteiger partial charge >= 0.3 is 0 Å². The predicted molar refractivity (Wildman–Crippen MR) is 93.2 cm³/mol. The number of ether oxygens (including phenoxy) is 1. The van der Waals surface area contributed by atoms with Crippen molar-refractivity contribution < 1.29 is 14.3 Å². The molecule has 0 radical (unpaired) electrons. The summed E-state index contributed by atoms with van der Waals surface area (Å²) in [6.45, 7) is 1.02. The summed E-state index contributed by atoms with van der Waals surface area (Å²) in [6, 6.07) is 10.8. The zero-order valence-corrected chi connectivity index (χ0v) is 14.3. The van der Waals surface area contributed by atoms with E-state index < -0.39 is 6.04 Å². The van der Waals surface area contributed by atoms with Crippen LogP contribution in [0.1, 0.15) is 28.1 Å². The van der Waals surface area contributed by atoms with Gasteiger partial charge in [-0.05, 0) is 30.4 Å². The number of hydrogen-bond donors (Lipinski definition) is 1. The fourth-order valence-corrected chi connectivity index (χ4v) is 3.65. The number of likely N-dealkylation sites (tertiary alicyclic amines) is 1. The summed E-state index contributed by atoms with van der Waals surface area (Å²) in [5, 5.41) is 4.81. The Balaban J connectivity index is 1.64. The number of benzene rings is 1. The van der Waals surface area contributed by atoms with Crippen LogP contribution >= 0.6 is 11.3 Å². The van der Waals surface area contributed by atoms with Crippen LogP contribution in [0.15, 0.2) is 41.8 Å². The quantitative estimate of drug-likeness (QED) is 0.907. The molecule has 1 aliphatic heterocycles. The second-order valence-electron chi connectivity index (χ2n) is 5.66. The molecule has 3 rings (SSSR count). The van der Waals surface area contributed by atoms with Gasteiger partial charge in [-0.15, -0.1) is 11.3 Å². The number of amides is 2. The third-order valence-electron chi connectivity index (χ3n) is 4.19. The molecule has 1 aromatic carbocycles. The molecular weight excluding hydrogens is 324 g/mol. The normalized spacial score (nSPS) is 16.9. The van der Waals surface area contributed by atoms with Gasteiger partial charge in [-0.1, -0.05) is 24.3 Å². The zero-order valence-electron chi connectivity index (χ0n) is 13.5. The molecule has 0 bridgehead atoms. The van der Waals surface area contributed by atoms with E-state index in [1.165, 1.54) is 11.3 Å². The first-order chi connectivity index (χ1) is 11.7. The van der Waals surface area contributed by atoms with Crippen molar-refractivity contribution in [3.05, 3.63) is 52.2 Å². The lowest BCUT2D eigenvalue weighted by Crippen LogP contribution is -2.45. The lowest BCUT2D eigenvalue weighted by atomic mass is 10.1. The maximum Gasteiger partial charge on any atom is 0.264 e. The van der Waals surface area contributed by atoms with Gasteiger partial charge in [-0.2, -0.15) is 0 Å². The van der Waals surface area contributed by atoms with Crippen LogP contribution in [0, 0.1) is 0 Å². The number of thiophene rings is 1. The largest absolute Gasteiger partial charge is 0.496 e. The molecule has 0 spiro atoms. The lowest BCUT2D eigenvalue weighted by molar-refractivity contribution is -0.125. The maximum absolute atomic E-state index is 12.6. The van der Waals surface area contributed by atoms with E-state index in [0.717, 1.165) is 17.7 Å². The fraction of sp³-hybridized carbons (Fsp3) is 0.333. The summed E-state index contributed by atoms with van der Waals surface area (Å²) in [5.74, 6) is 0.582. The van der Waals surface area contributed by atoms with Crippen molar-refractivity contribution in [3.8, 4) is 5.75 Å². The molecule has 0 aliphatic carbocycles. The molecule has 5 nitrogen and oxygen atoms in total. The Bertz CT molecular complexity index is 715. The number of hydrogen-bond acceptors (Lipinski definition) is 4. The van der Waals surface area contributed by atoms with Crippen molar-refractivity contribution in [3.63, 3.8) is 0 Å². The van der Waals surface area contributed by atoms with Gasteiger partial charge in [0.05, 0.1) is 12.0 Å². The summed E-state index contributed by atoms with van der Waals surface area (Å²) in [6.07, 6.45) is 1.55. The van der Waals surface area contributed by atoms with E-state index in [2.05, 4.69) is 5.32 Å². The molecule has 6 heteroatoms. The molecule has 1 fully saturated rings. The van der Waals surface area contributed by atoms with E-state index in [-0.39, 0.29) is 11.8 Å². The number of nitrogens with zero attached hydrogens (tertiary/aromatic N) is 1. The van der Waals surface area contributed by atoms with Crippen LogP contribution in [0.4, 0.5) is 0 Å². The van der Waals surface area contributed by atoms with Gasteiger partial charge in [-0.3, -0.25) is 9.59 Å². The standard InChI is InChI=1S/C18H20N2O3S/c1-23-15-8-3-2-6-13(15)12-19-17(21)14-7-4-10-20(14)18(22)16-9-5-11-24-16/h2-3,5-6,8-9,11,14H,4,7,10,12H2,1H3,(H,19,21)/t14-/m0/s1. The first kappa shape index (κ1) is 16.5. The van der Waals surface area contributed by atoms with Gasteiger partial charge in [0.25, 0.3) is 5.91 Å². The second-order valence-corrected chi connectivity index (χ2v) is 6.61. The van der Waals surface area contributed by atoms with E-state index in [9.17, 15) is 9.59 Å². The van der Waals surface area contributed by atoms with E-state index in [0.29, 0.717) is 24.4 Å². The summed E-state index contributed by atoms with van der Waals surface area (Å²) in [4.78, 5) is 27.5. The van der Waals surface area contributed by atoms with Crippen LogP contribution in [-0.2, 0) is 11.3 Å². The van der Waals surface area contributed by atoms with Crippen molar-refractivity contribution >= 4 is 23.2 Å². The average Bonchev–Trinajstić information content (AvgIpc) is 3.30. The number of methoxy groups -OCH3 is 1. The first-order valence-electron chi connectivity index (χ1n) is 7.95. The van der Waals surface area contributed by atoms with Crippen LogP contribution in [0.2, 0.25) is 0 Å². The van der Waals surface area contributed by atoms with Crippen LogP contribution in [0.3, 0.4) is 0 Å². The Labute approximate surface area is 145 Å². The van der Waals surface area contributed by atoms with Crippen molar-refractivity contribution in [2.24, 2.45) is 0 Å². The Morgan fingerprint density at radius 2 is 2.12 bits per heavy atom. The van der Waals surface area contributed by atoms with Crippen molar-refractivity contribution in [2.45, 2.75) is 25.4 Å². The van der Waals surface area contributed by atoms with E-state index in [1.54, 1.807) is 18.1 Å². The van der Waals surface area contributed by atoms with Crippen molar-refractivity contribution in [1.82, 2.24) is 10.2 Å². The molecule has 2 heterocycles. The van der Waals surface area contributed by atoms with Crippen molar-refractivity contribution in [2.75, 3.05) is 13.7 Å². The third-order valence-corrected chi connectivity index (χ3v) is 5.05. The highest BCUT2D eigenvalue weighted by atomic mass is 32.1. The summed E-state index contributed by atoms with van der Waals surface area (Å²) in [5.41, 5.74) is 0.919. The molecule has 0 unspecified atom stereocenters. The van der Waals surface area contributed by atoms with Crippen LogP contribution in [0.25, 0.3) is 0 Å². The monoisotopic (exact) mass is 344 g/mol. The lowest BCUT2D eigenvalue weighted by Gasteiger charge is -2.23. The van der Waals surface area contributed by atoms with E-state index >= 15 is 0 Å². The van der Waals surface area contributed by atoms with Crippen LogP contribution in [0.5, 0.6) is 5.75 Å². The number of rotatable bonds is 5. The highest BCUT2D eigenvalue weighted by molar-refractivity contribution is 7.12. The SMILES string of the molecule is COc1ccccc1CNC(=O)[C@@H]1CCCN1C(=O)c1cccs1. The van der Waals surface area contributed by atoms with Gasteiger partial charge < -0.3 is 15.0 Å². The molecule has 1 saturated heterocycles. The molecule has 1 atom stereocenters. The van der Waals surface area contributed by atoms with Crippen LogP contribution in [-0.4, -0.2) is 36.4 Å². The summed E-state index contributed by atoms with van der Waals surface area (Å²) in [7, 11) is 1.61. The van der Waals surface area contributed by atoms with E-state index in [4.69, 9.17) is 4.74 Å². The minimum absolute atomic E-state index is 0.0556. The Morgan fingerprint density at radius 3 is 2.88 bits per heavy atom. The van der Waals surface area contributed by atoms with Crippen LogP contribution < -0.4 is 10.1 Å². The molecule has 126 valence electrons. The maximum atomic E-state index is 12.6. The Morgan fingerprint density at radius 1 is 1.29 bits per heavy atom. The number of carbonyl (C=O) groups excluding carboxylic acids is 2. The molecule has 24 heavy (non-hydrogen) atoms. The molecule has 2 amide bonds. The van der Waals surface area contributed by atoms with Gasteiger partial charge in [-0.25, -0.2) is 0 Å². The molecule has 0 saturated carbocycles. The van der Waals surface area contributed by atoms with Gasteiger partial charge in [0.15, 0.2) is 0 Å². The van der Waals surface area contributed by atoms with Crippen molar-refractivity contribution in [1.29, 1.82) is 0 Å². The zero-order chi connectivity index (χ0) is 16.9. The molecule has 2 aromatic rings. The summed E-state index contributed by atoms with van der Waals surface area (Å²) < 4.78 is 5.30. The Hall–Kier alpha value is -2.34. The third kappa shape index (κ3) is 3.43. The Kier molecular flexibility index (Phi) is 5.15. The highest BCUT2D eigenvalue weighted by Gasteiger charge is 2.34. The number of carbonyl (C=O) groups is 2. The van der Waals surface area contributed by atoms with E-state index in [1.807, 2.05) is 35.7 Å². The molecule has 1 N–H and O–H groups in total. The summed E-state index contributed by atoms with van der Waals surface area (Å²) >= 11 is 1.41. The van der Waals surface area contributed by atoms with Gasteiger partial charge in [0.1, 0.15) is 11.8 Å². The highest BCUT2D eigenvalue weighted by Crippen LogP contribution is 2.23. The van der Waals surface area contributed by atoms with Gasteiger partial charge in [0.2, 0.25) is 5.91 Å². The topological polar surface area (TPSA) is 58.6 Å². The number of nitrogens with one attached hydrogen (secondary N) is 1. The second kappa shape index (κ2) is 7.49. The molecule has 1 aliphatic rings. The predicted octanol–water partition coefficient (Wildman–Crippen LogP) is 2.68. The first-order valence-corrected chi connectivity index (χ1v) is 8.82. The molecular formula is C18H20N2O3S. The average molecular weight is 344 g/mol. The smallest absolute Gasteiger partial charge is 0.264 e. The minimum atomic E-state index is -0.394. The minimum Gasteiger partial charge on any atom is -0.496 e. The van der Waals surface area contributed by atoms with Gasteiger partial charge in [0, 0.05) is 18.7 Å². The fourth-order valence-electron chi connectivity index (χ4n) is 2.97. The molecule has 1 aromatic heterocycles. The number of para-hydroxylation sites is 1.